The van der Waals surface area contributed by atoms with E-state index in [2.05, 4.69) is 0 Å². The minimum absolute atomic E-state index is 0.283. The second-order valence-electron chi connectivity index (χ2n) is 3.52. The number of nitrogens with two attached hydrogens (primary N) is 1. The SMILES string of the molecule is CCOc1cccc(OCC(C)C(N)=O)c1. The lowest BCUT2D eigenvalue weighted by molar-refractivity contribution is -0.122. The van der Waals surface area contributed by atoms with Gasteiger partial charge in [-0.15, -0.1) is 0 Å². The van der Waals surface area contributed by atoms with Gasteiger partial charge in [-0.05, 0) is 19.1 Å². The summed E-state index contributed by atoms with van der Waals surface area (Å²) >= 11 is 0. The molecular weight excluding hydrogens is 206 g/mol. The highest BCUT2D eigenvalue weighted by Crippen LogP contribution is 2.19. The molecule has 0 fully saturated rings. The Bertz CT molecular complexity index is 352. The van der Waals surface area contributed by atoms with Crippen LogP contribution in [-0.4, -0.2) is 19.1 Å². The number of primary amides is 1. The molecule has 0 saturated heterocycles. The van der Waals surface area contributed by atoms with Crippen molar-refractivity contribution in [2.24, 2.45) is 11.7 Å². The highest BCUT2D eigenvalue weighted by atomic mass is 16.5. The van der Waals surface area contributed by atoms with E-state index in [0.29, 0.717) is 12.4 Å². The molecule has 2 N–H and O–H groups in total. The van der Waals surface area contributed by atoms with Gasteiger partial charge in [0.2, 0.25) is 5.91 Å². The molecule has 1 rings (SSSR count). The van der Waals surface area contributed by atoms with Crippen LogP contribution in [0.4, 0.5) is 0 Å². The van der Waals surface area contributed by atoms with Gasteiger partial charge in [0.05, 0.1) is 19.1 Å². The summed E-state index contributed by atoms with van der Waals surface area (Å²) in [5, 5.41) is 0. The number of hydrogen-bond donors (Lipinski definition) is 1. The Labute approximate surface area is 95.3 Å². The van der Waals surface area contributed by atoms with Gasteiger partial charge < -0.3 is 15.2 Å². The Morgan fingerprint density at radius 3 is 2.56 bits per heavy atom. The molecule has 1 aromatic rings. The second kappa shape index (κ2) is 6.00. The number of amides is 1. The van der Waals surface area contributed by atoms with Crippen molar-refractivity contribution in [3.8, 4) is 11.5 Å². The van der Waals surface area contributed by atoms with Gasteiger partial charge in [-0.3, -0.25) is 4.79 Å². The maximum absolute atomic E-state index is 10.8. The number of ether oxygens (including phenoxy) is 2. The number of rotatable bonds is 6. The van der Waals surface area contributed by atoms with E-state index in [9.17, 15) is 4.79 Å². The predicted molar refractivity (Wildman–Crippen MR) is 61.5 cm³/mol. The number of carbonyl (C=O) groups is 1. The van der Waals surface area contributed by atoms with Crippen LogP contribution in [-0.2, 0) is 4.79 Å². The molecule has 1 amide bonds. The van der Waals surface area contributed by atoms with E-state index in [0.717, 1.165) is 5.75 Å². The largest absolute Gasteiger partial charge is 0.494 e. The van der Waals surface area contributed by atoms with Crippen molar-refractivity contribution in [2.45, 2.75) is 13.8 Å². The van der Waals surface area contributed by atoms with Gasteiger partial charge in [0.1, 0.15) is 11.5 Å². The topological polar surface area (TPSA) is 61.6 Å². The Hall–Kier alpha value is -1.71. The van der Waals surface area contributed by atoms with E-state index in [1.807, 2.05) is 25.1 Å². The zero-order chi connectivity index (χ0) is 12.0. The molecule has 4 heteroatoms. The van der Waals surface area contributed by atoms with E-state index in [1.54, 1.807) is 13.0 Å². The summed E-state index contributed by atoms with van der Waals surface area (Å²) in [6.07, 6.45) is 0. The van der Waals surface area contributed by atoms with Gasteiger partial charge >= 0.3 is 0 Å². The van der Waals surface area contributed by atoms with E-state index in [-0.39, 0.29) is 18.4 Å². The molecule has 4 nitrogen and oxygen atoms in total. The molecule has 88 valence electrons. The third-order valence-electron chi connectivity index (χ3n) is 2.10. The molecule has 1 unspecified atom stereocenters. The second-order valence-corrected chi connectivity index (χ2v) is 3.52. The minimum Gasteiger partial charge on any atom is -0.494 e. The summed E-state index contributed by atoms with van der Waals surface area (Å²) in [5.74, 6) is 0.780. The maximum atomic E-state index is 10.8. The molecular formula is C12H17NO3. The van der Waals surface area contributed by atoms with Crippen LogP contribution < -0.4 is 15.2 Å². The van der Waals surface area contributed by atoms with Crippen LogP contribution in [0.2, 0.25) is 0 Å². The summed E-state index contributed by atoms with van der Waals surface area (Å²) in [5.41, 5.74) is 5.13. The summed E-state index contributed by atoms with van der Waals surface area (Å²) < 4.78 is 10.8. The van der Waals surface area contributed by atoms with E-state index >= 15 is 0 Å². The first-order valence-corrected chi connectivity index (χ1v) is 5.28. The number of hydrogen-bond acceptors (Lipinski definition) is 3. The van der Waals surface area contributed by atoms with Crippen molar-refractivity contribution < 1.29 is 14.3 Å². The number of carbonyl (C=O) groups excluding carboxylic acids is 1. The average molecular weight is 223 g/mol. The third-order valence-corrected chi connectivity index (χ3v) is 2.10. The monoisotopic (exact) mass is 223 g/mol. The molecule has 1 aromatic carbocycles. The van der Waals surface area contributed by atoms with Crippen LogP contribution in [0.3, 0.4) is 0 Å². The highest BCUT2D eigenvalue weighted by Gasteiger charge is 2.09. The van der Waals surface area contributed by atoms with Crippen molar-refractivity contribution in [1.82, 2.24) is 0 Å². The predicted octanol–water partition coefficient (Wildman–Crippen LogP) is 1.59. The lowest BCUT2D eigenvalue weighted by atomic mass is 10.2. The van der Waals surface area contributed by atoms with Crippen LogP contribution in [0.15, 0.2) is 24.3 Å². The highest BCUT2D eigenvalue weighted by molar-refractivity contribution is 5.76. The molecule has 0 aliphatic rings. The Balaban J connectivity index is 2.53. The van der Waals surface area contributed by atoms with Crippen molar-refractivity contribution in [1.29, 1.82) is 0 Å². The Morgan fingerprint density at radius 1 is 1.38 bits per heavy atom. The molecule has 0 bridgehead atoms. The van der Waals surface area contributed by atoms with Crippen LogP contribution in [0.5, 0.6) is 11.5 Å². The Kier molecular flexibility index (Phi) is 4.64. The van der Waals surface area contributed by atoms with Crippen LogP contribution >= 0.6 is 0 Å². The standard InChI is InChI=1S/C12H17NO3/c1-3-15-10-5-4-6-11(7-10)16-8-9(2)12(13)14/h4-7,9H,3,8H2,1-2H3,(H2,13,14). The van der Waals surface area contributed by atoms with Crippen molar-refractivity contribution >= 4 is 5.91 Å². The molecule has 0 aliphatic heterocycles. The molecule has 0 heterocycles. The van der Waals surface area contributed by atoms with Gasteiger partial charge in [-0.1, -0.05) is 13.0 Å². The van der Waals surface area contributed by atoms with Crippen LogP contribution in [0.1, 0.15) is 13.8 Å². The van der Waals surface area contributed by atoms with Gasteiger partial charge in [-0.2, -0.15) is 0 Å². The zero-order valence-electron chi connectivity index (χ0n) is 9.60. The maximum Gasteiger partial charge on any atom is 0.223 e. The molecule has 0 aromatic heterocycles. The average Bonchev–Trinajstić information content (AvgIpc) is 2.26. The first-order valence-electron chi connectivity index (χ1n) is 5.28. The molecule has 1 atom stereocenters. The molecule has 0 saturated carbocycles. The van der Waals surface area contributed by atoms with Crippen LogP contribution in [0, 0.1) is 5.92 Å². The summed E-state index contributed by atoms with van der Waals surface area (Å²) in [6.45, 7) is 4.55. The van der Waals surface area contributed by atoms with Gasteiger partial charge in [0.25, 0.3) is 0 Å². The number of benzene rings is 1. The fraction of sp³-hybridized carbons (Fsp3) is 0.417. The smallest absolute Gasteiger partial charge is 0.223 e. The first kappa shape index (κ1) is 12.4. The lowest BCUT2D eigenvalue weighted by Crippen LogP contribution is -2.25. The van der Waals surface area contributed by atoms with E-state index in [1.165, 1.54) is 0 Å². The normalized spacial score (nSPS) is 11.9. The third kappa shape index (κ3) is 3.81. The summed E-state index contributed by atoms with van der Waals surface area (Å²) in [4.78, 5) is 10.8. The molecule has 0 radical (unpaired) electrons. The Morgan fingerprint density at radius 2 is 2.00 bits per heavy atom. The zero-order valence-corrected chi connectivity index (χ0v) is 9.60. The van der Waals surface area contributed by atoms with E-state index in [4.69, 9.17) is 15.2 Å². The van der Waals surface area contributed by atoms with Gasteiger partial charge in [0, 0.05) is 6.07 Å². The molecule has 0 spiro atoms. The summed E-state index contributed by atoms with van der Waals surface area (Å²) in [6, 6.07) is 7.30. The van der Waals surface area contributed by atoms with Gasteiger partial charge in [0.15, 0.2) is 0 Å². The summed E-state index contributed by atoms with van der Waals surface area (Å²) in [7, 11) is 0. The molecule has 0 aliphatic carbocycles. The molecule has 16 heavy (non-hydrogen) atoms. The van der Waals surface area contributed by atoms with Crippen LogP contribution in [0.25, 0.3) is 0 Å². The van der Waals surface area contributed by atoms with Crippen molar-refractivity contribution in [3.63, 3.8) is 0 Å². The van der Waals surface area contributed by atoms with Crippen molar-refractivity contribution in [2.75, 3.05) is 13.2 Å². The van der Waals surface area contributed by atoms with Gasteiger partial charge in [-0.25, -0.2) is 0 Å². The fourth-order valence-corrected chi connectivity index (χ4v) is 1.12. The van der Waals surface area contributed by atoms with Crippen molar-refractivity contribution in [3.05, 3.63) is 24.3 Å². The lowest BCUT2D eigenvalue weighted by Gasteiger charge is -2.11. The fourth-order valence-electron chi connectivity index (χ4n) is 1.12. The quantitative estimate of drug-likeness (QED) is 0.796. The first-order chi connectivity index (χ1) is 7.63. The van der Waals surface area contributed by atoms with E-state index < -0.39 is 0 Å². The minimum atomic E-state index is -0.360.